The summed E-state index contributed by atoms with van der Waals surface area (Å²) in [5.74, 6) is 0.237. The molecule has 0 saturated carbocycles. The summed E-state index contributed by atoms with van der Waals surface area (Å²) in [5.41, 5.74) is 2.68. The SMILES string of the molecule is Cc1ccc(Oc2cc(Cl)ccc2C)c(/C=C/C(=O)O)c1. The van der Waals surface area contributed by atoms with Crippen LogP contribution in [-0.2, 0) is 4.79 Å². The van der Waals surface area contributed by atoms with Gasteiger partial charge in [0.05, 0.1) is 0 Å². The quantitative estimate of drug-likeness (QED) is 0.821. The molecule has 21 heavy (non-hydrogen) atoms. The van der Waals surface area contributed by atoms with Crippen molar-refractivity contribution in [3.63, 3.8) is 0 Å². The summed E-state index contributed by atoms with van der Waals surface area (Å²) in [5, 5.41) is 9.35. The van der Waals surface area contributed by atoms with Crippen molar-refractivity contribution < 1.29 is 14.6 Å². The number of halogens is 1. The van der Waals surface area contributed by atoms with Crippen molar-refractivity contribution in [1.29, 1.82) is 0 Å². The van der Waals surface area contributed by atoms with Crippen molar-refractivity contribution in [3.05, 3.63) is 64.2 Å². The van der Waals surface area contributed by atoms with Gasteiger partial charge in [-0.2, -0.15) is 0 Å². The lowest BCUT2D eigenvalue weighted by Gasteiger charge is -2.12. The molecule has 0 amide bonds. The van der Waals surface area contributed by atoms with Gasteiger partial charge in [0.2, 0.25) is 0 Å². The minimum absolute atomic E-state index is 0.587. The topological polar surface area (TPSA) is 46.5 Å². The molecule has 0 spiro atoms. The molecule has 0 radical (unpaired) electrons. The molecule has 0 aliphatic heterocycles. The molecule has 0 aromatic heterocycles. The van der Waals surface area contributed by atoms with E-state index >= 15 is 0 Å². The number of hydrogen-bond donors (Lipinski definition) is 1. The number of rotatable bonds is 4. The van der Waals surface area contributed by atoms with Crippen LogP contribution >= 0.6 is 11.6 Å². The Morgan fingerprint density at radius 2 is 1.90 bits per heavy atom. The van der Waals surface area contributed by atoms with E-state index in [-0.39, 0.29) is 0 Å². The number of carbonyl (C=O) groups is 1. The summed E-state index contributed by atoms with van der Waals surface area (Å²) in [7, 11) is 0. The third-order valence-electron chi connectivity index (χ3n) is 2.94. The average molecular weight is 303 g/mol. The Labute approximate surface area is 128 Å². The minimum atomic E-state index is -0.999. The molecule has 0 atom stereocenters. The highest BCUT2D eigenvalue weighted by Crippen LogP contribution is 2.31. The lowest BCUT2D eigenvalue weighted by Crippen LogP contribution is -1.92. The van der Waals surface area contributed by atoms with Crippen molar-refractivity contribution in [3.8, 4) is 11.5 Å². The van der Waals surface area contributed by atoms with E-state index < -0.39 is 5.97 Å². The molecular formula is C17H15ClO3. The molecule has 0 saturated heterocycles. The van der Waals surface area contributed by atoms with Crippen LogP contribution in [0, 0.1) is 13.8 Å². The molecular weight excluding hydrogens is 288 g/mol. The summed E-state index contributed by atoms with van der Waals surface area (Å²) in [6, 6.07) is 11.0. The second kappa shape index (κ2) is 6.46. The molecule has 108 valence electrons. The summed E-state index contributed by atoms with van der Waals surface area (Å²) in [4.78, 5) is 10.7. The fourth-order valence-electron chi connectivity index (χ4n) is 1.85. The van der Waals surface area contributed by atoms with Gasteiger partial charge < -0.3 is 9.84 Å². The summed E-state index contributed by atoms with van der Waals surface area (Å²) in [6.07, 6.45) is 2.61. The number of carboxylic acid groups (broad SMARTS) is 1. The normalized spacial score (nSPS) is 10.8. The molecule has 0 aliphatic carbocycles. The van der Waals surface area contributed by atoms with E-state index in [0.717, 1.165) is 17.2 Å². The Morgan fingerprint density at radius 1 is 1.14 bits per heavy atom. The maximum absolute atomic E-state index is 10.7. The van der Waals surface area contributed by atoms with Gasteiger partial charge in [-0.1, -0.05) is 29.3 Å². The molecule has 0 bridgehead atoms. The van der Waals surface area contributed by atoms with Gasteiger partial charge in [0, 0.05) is 16.7 Å². The van der Waals surface area contributed by atoms with Gasteiger partial charge in [-0.15, -0.1) is 0 Å². The monoisotopic (exact) mass is 302 g/mol. The Bertz CT molecular complexity index is 705. The van der Waals surface area contributed by atoms with Crippen molar-refractivity contribution in [2.75, 3.05) is 0 Å². The van der Waals surface area contributed by atoms with E-state index in [2.05, 4.69) is 0 Å². The first-order chi connectivity index (χ1) is 9.95. The van der Waals surface area contributed by atoms with E-state index in [4.69, 9.17) is 21.4 Å². The van der Waals surface area contributed by atoms with Crippen molar-refractivity contribution in [2.45, 2.75) is 13.8 Å². The highest BCUT2D eigenvalue weighted by molar-refractivity contribution is 6.30. The largest absolute Gasteiger partial charge is 0.478 e. The number of carboxylic acids is 1. The number of aryl methyl sites for hydroxylation is 2. The van der Waals surface area contributed by atoms with E-state index in [9.17, 15) is 4.79 Å². The number of benzene rings is 2. The fraction of sp³-hybridized carbons (Fsp3) is 0.118. The number of hydrogen-bond acceptors (Lipinski definition) is 2. The highest BCUT2D eigenvalue weighted by Gasteiger charge is 2.07. The minimum Gasteiger partial charge on any atom is -0.478 e. The first kappa shape index (κ1) is 15.1. The number of aliphatic carboxylic acids is 1. The molecule has 1 N–H and O–H groups in total. The number of ether oxygens (including phenoxy) is 1. The van der Waals surface area contributed by atoms with Crippen LogP contribution in [0.4, 0.5) is 0 Å². The van der Waals surface area contributed by atoms with Gasteiger partial charge in [0.1, 0.15) is 11.5 Å². The van der Waals surface area contributed by atoms with Crippen LogP contribution in [0.15, 0.2) is 42.5 Å². The second-order valence-electron chi connectivity index (χ2n) is 4.72. The first-order valence-electron chi connectivity index (χ1n) is 6.41. The standard InChI is InChI=1S/C17H15ClO3/c1-11-3-7-15(13(9-11)5-8-17(19)20)21-16-10-14(18)6-4-12(16)2/h3-10H,1-2H3,(H,19,20)/b8-5+. The van der Waals surface area contributed by atoms with Crippen molar-refractivity contribution >= 4 is 23.6 Å². The zero-order valence-corrected chi connectivity index (χ0v) is 12.5. The van der Waals surface area contributed by atoms with Crippen LogP contribution in [0.3, 0.4) is 0 Å². The maximum atomic E-state index is 10.7. The summed E-state index contributed by atoms with van der Waals surface area (Å²) >= 11 is 5.98. The molecule has 3 nitrogen and oxygen atoms in total. The van der Waals surface area contributed by atoms with Gasteiger partial charge in [-0.3, -0.25) is 0 Å². The third-order valence-corrected chi connectivity index (χ3v) is 3.18. The third kappa shape index (κ3) is 4.10. The fourth-order valence-corrected chi connectivity index (χ4v) is 2.02. The Morgan fingerprint density at radius 3 is 2.62 bits per heavy atom. The van der Waals surface area contributed by atoms with Crippen molar-refractivity contribution in [2.24, 2.45) is 0 Å². The molecule has 0 heterocycles. The molecule has 2 aromatic carbocycles. The van der Waals surface area contributed by atoms with Crippen LogP contribution in [0.25, 0.3) is 6.08 Å². The maximum Gasteiger partial charge on any atom is 0.328 e. The summed E-state index contributed by atoms with van der Waals surface area (Å²) < 4.78 is 5.88. The van der Waals surface area contributed by atoms with Crippen LogP contribution in [0.1, 0.15) is 16.7 Å². The van der Waals surface area contributed by atoms with Crippen LogP contribution < -0.4 is 4.74 Å². The average Bonchev–Trinajstić information content (AvgIpc) is 2.43. The van der Waals surface area contributed by atoms with Gasteiger partial charge in [0.15, 0.2) is 0 Å². The van der Waals surface area contributed by atoms with Gasteiger partial charge in [-0.25, -0.2) is 4.79 Å². The highest BCUT2D eigenvalue weighted by atomic mass is 35.5. The lowest BCUT2D eigenvalue weighted by molar-refractivity contribution is -0.131. The van der Waals surface area contributed by atoms with Gasteiger partial charge in [-0.05, 0) is 49.8 Å². The van der Waals surface area contributed by atoms with Crippen LogP contribution in [-0.4, -0.2) is 11.1 Å². The van der Waals surface area contributed by atoms with E-state index in [1.165, 1.54) is 6.08 Å². The molecule has 2 rings (SSSR count). The molecule has 4 heteroatoms. The zero-order chi connectivity index (χ0) is 15.4. The van der Waals surface area contributed by atoms with Gasteiger partial charge >= 0.3 is 5.97 Å². The predicted molar refractivity (Wildman–Crippen MR) is 84.1 cm³/mol. The van der Waals surface area contributed by atoms with Crippen molar-refractivity contribution in [1.82, 2.24) is 0 Å². The molecule has 0 fully saturated rings. The molecule has 2 aromatic rings. The van der Waals surface area contributed by atoms with Gasteiger partial charge in [0.25, 0.3) is 0 Å². The lowest BCUT2D eigenvalue weighted by atomic mass is 10.1. The predicted octanol–water partition coefficient (Wildman–Crippen LogP) is 4.85. The van der Waals surface area contributed by atoms with E-state index in [1.807, 2.05) is 38.1 Å². The smallest absolute Gasteiger partial charge is 0.328 e. The van der Waals surface area contributed by atoms with E-state index in [1.54, 1.807) is 12.1 Å². The second-order valence-corrected chi connectivity index (χ2v) is 5.16. The van der Waals surface area contributed by atoms with Crippen LogP contribution in [0.2, 0.25) is 5.02 Å². The molecule has 0 aliphatic rings. The zero-order valence-electron chi connectivity index (χ0n) is 11.8. The summed E-state index contributed by atoms with van der Waals surface area (Å²) in [6.45, 7) is 3.86. The van der Waals surface area contributed by atoms with E-state index in [0.29, 0.717) is 22.1 Å². The van der Waals surface area contributed by atoms with Crippen LogP contribution in [0.5, 0.6) is 11.5 Å². The Kier molecular flexibility index (Phi) is 4.66. The Balaban J connectivity index is 2.39. The Hall–Kier alpha value is -2.26. The molecule has 0 unspecified atom stereocenters. The first-order valence-corrected chi connectivity index (χ1v) is 6.79.